The fraction of sp³-hybridized carbons (Fsp3) is 0.250. The van der Waals surface area contributed by atoms with Gasteiger partial charge < -0.3 is 0 Å². The van der Waals surface area contributed by atoms with E-state index in [1.807, 2.05) is 0 Å². The Morgan fingerprint density at radius 2 is 1.03 bits per heavy atom. The molecule has 2 aliphatic carbocycles. The first-order valence-electron chi connectivity index (χ1n) is 12.9. The van der Waals surface area contributed by atoms with Crippen LogP contribution in [-0.4, -0.2) is 41.6 Å². The van der Waals surface area contributed by atoms with Gasteiger partial charge in [0.05, 0.1) is 0 Å². The Kier molecular flexibility index (Phi) is 9.29. The van der Waals surface area contributed by atoms with Crippen LogP contribution in [0.1, 0.15) is 43.5 Å². The Balaban J connectivity index is 1.97. The van der Waals surface area contributed by atoms with E-state index in [2.05, 4.69) is 134 Å². The summed E-state index contributed by atoms with van der Waals surface area (Å²) < 4.78 is 6.66. The van der Waals surface area contributed by atoms with Gasteiger partial charge in [0.15, 0.2) is 0 Å². The predicted molar refractivity (Wildman–Crippen MR) is 157 cm³/mol. The third-order valence-corrected chi connectivity index (χ3v) is 40.3. The van der Waals surface area contributed by atoms with Gasteiger partial charge in [0.1, 0.15) is 0 Å². The molecule has 0 radical (unpaired) electrons. The SMILES string of the molecule is C=CCN(CC=C)[SiH](N(CC=C)CC=C)[Hf]([CH]1C(C)=Cc2ccccc21)[CH]1C(C)=Cc2ccccc21. The van der Waals surface area contributed by atoms with Crippen molar-refractivity contribution in [3.63, 3.8) is 0 Å². The van der Waals surface area contributed by atoms with E-state index in [1.54, 1.807) is 22.3 Å². The monoisotopic (exact) mass is 659 g/mol. The van der Waals surface area contributed by atoms with Gasteiger partial charge in [0, 0.05) is 0 Å². The van der Waals surface area contributed by atoms with Crippen molar-refractivity contribution in [3.05, 3.63) is 133 Å². The van der Waals surface area contributed by atoms with Gasteiger partial charge in [-0.3, -0.25) is 0 Å². The average molecular weight is 658 g/mol. The Bertz CT molecular complexity index is 1080. The zero-order valence-electron chi connectivity index (χ0n) is 21.9. The van der Waals surface area contributed by atoms with E-state index in [1.165, 1.54) is 11.1 Å². The molecule has 2 aliphatic rings. The van der Waals surface area contributed by atoms with Gasteiger partial charge in [-0.1, -0.05) is 0 Å². The molecule has 0 amide bonds. The molecule has 0 fully saturated rings. The normalized spacial score (nSPS) is 18.0. The molecule has 0 bridgehead atoms. The first-order valence-corrected chi connectivity index (χ1v) is 24.9. The standard InChI is InChI=1S/C12H21N2Si.2C10H9.Hf/c1-5-9-13(10-6-2)15-14(11-7-3)12-8-4;2*1-8-6-9-4-2-3-5-10(9)7-8;/h5-8,15H,1-4,9-12H2;2*2-7H,1H3;. The summed E-state index contributed by atoms with van der Waals surface area (Å²) in [6.07, 6.45) is 11.6. The molecule has 4 heteroatoms. The molecule has 0 heterocycles. The van der Waals surface area contributed by atoms with Crippen LogP contribution in [0.5, 0.6) is 0 Å². The van der Waals surface area contributed by atoms with E-state index >= 15 is 0 Å². The van der Waals surface area contributed by atoms with Crippen molar-refractivity contribution in [2.24, 2.45) is 0 Å². The maximum atomic E-state index is 4.16. The van der Waals surface area contributed by atoms with Crippen LogP contribution in [-0.2, 0) is 20.6 Å². The number of allylic oxidation sites excluding steroid dienone is 2. The molecule has 2 unspecified atom stereocenters. The number of rotatable bonds is 13. The maximum absolute atomic E-state index is 4.16. The van der Waals surface area contributed by atoms with Crippen molar-refractivity contribution in [3.8, 4) is 0 Å². The Hall–Kier alpha value is -2.11. The summed E-state index contributed by atoms with van der Waals surface area (Å²) in [5, 5.41) is 0. The number of hydrogen-bond acceptors (Lipinski definition) is 2. The molecule has 0 spiro atoms. The topological polar surface area (TPSA) is 6.48 Å². The molecule has 2 aromatic carbocycles. The van der Waals surface area contributed by atoms with E-state index in [9.17, 15) is 0 Å². The van der Waals surface area contributed by atoms with Crippen molar-refractivity contribution in [2.45, 2.75) is 21.2 Å². The third-order valence-electron chi connectivity index (χ3n) is 7.40. The van der Waals surface area contributed by atoms with Gasteiger partial charge in [0.2, 0.25) is 0 Å². The van der Waals surface area contributed by atoms with Gasteiger partial charge in [-0.15, -0.1) is 0 Å². The molecule has 2 atom stereocenters. The zero-order chi connectivity index (χ0) is 25.7. The number of benzene rings is 2. The molecular formula is C32H39HfN2Si. The fourth-order valence-electron chi connectivity index (χ4n) is 6.17. The molecule has 0 aliphatic heterocycles. The average Bonchev–Trinajstić information content (AvgIpc) is 3.38. The second kappa shape index (κ2) is 12.4. The van der Waals surface area contributed by atoms with Crippen LogP contribution >= 0.6 is 0 Å². The van der Waals surface area contributed by atoms with Gasteiger partial charge in [0.25, 0.3) is 0 Å². The molecule has 2 nitrogen and oxygen atoms in total. The summed E-state index contributed by atoms with van der Waals surface area (Å²) in [5.41, 5.74) is 9.06. The van der Waals surface area contributed by atoms with Crippen molar-refractivity contribution < 1.29 is 20.6 Å². The summed E-state index contributed by atoms with van der Waals surface area (Å²) in [6.45, 7) is 25.0. The van der Waals surface area contributed by atoms with Crippen LogP contribution in [0.3, 0.4) is 0 Å². The fourth-order valence-corrected chi connectivity index (χ4v) is 46.8. The molecule has 0 saturated carbocycles. The van der Waals surface area contributed by atoms with Gasteiger partial charge in [-0.05, 0) is 0 Å². The zero-order valence-corrected chi connectivity index (χ0v) is 26.6. The van der Waals surface area contributed by atoms with Crippen molar-refractivity contribution >= 4 is 18.5 Å². The predicted octanol–water partition coefficient (Wildman–Crippen LogP) is 6.99. The van der Waals surface area contributed by atoms with E-state index in [-0.39, 0.29) is 0 Å². The van der Waals surface area contributed by atoms with Gasteiger partial charge >= 0.3 is 228 Å². The molecule has 0 aromatic heterocycles. The molecule has 36 heavy (non-hydrogen) atoms. The Labute approximate surface area is 227 Å². The Morgan fingerprint density at radius 1 is 0.667 bits per heavy atom. The van der Waals surface area contributed by atoms with Crippen LogP contribution in [0, 0.1) is 0 Å². The third kappa shape index (κ3) is 5.28. The van der Waals surface area contributed by atoms with E-state index in [0.29, 0.717) is 7.35 Å². The van der Waals surface area contributed by atoms with Crippen LogP contribution < -0.4 is 0 Å². The van der Waals surface area contributed by atoms with Crippen molar-refractivity contribution in [1.82, 2.24) is 9.13 Å². The number of fused-ring (bicyclic) bond motifs is 2. The molecule has 2 aromatic rings. The molecule has 0 N–H and O–H groups in total. The van der Waals surface area contributed by atoms with E-state index in [0.717, 1.165) is 26.2 Å². The summed E-state index contributed by atoms with van der Waals surface area (Å²) in [7, 11) is 0. The second-order valence-corrected chi connectivity index (χ2v) is 30.8. The van der Waals surface area contributed by atoms with Crippen molar-refractivity contribution in [1.29, 1.82) is 0 Å². The first kappa shape index (κ1) is 26.9. The Morgan fingerprint density at radius 3 is 1.39 bits per heavy atom. The molecule has 4 rings (SSSR count). The van der Waals surface area contributed by atoms with Crippen molar-refractivity contribution in [2.75, 3.05) is 26.2 Å². The summed E-state index contributed by atoms with van der Waals surface area (Å²) in [4.78, 5) is 0. The van der Waals surface area contributed by atoms with Crippen LogP contribution in [0.15, 0.2) is 110 Å². The van der Waals surface area contributed by atoms with Crippen LogP contribution in [0.25, 0.3) is 12.2 Å². The van der Waals surface area contributed by atoms with Gasteiger partial charge in [-0.25, -0.2) is 0 Å². The summed E-state index contributed by atoms with van der Waals surface area (Å²) in [5.74, 6) is 0. The number of hydrogen-bond donors (Lipinski definition) is 0. The second-order valence-electron chi connectivity index (χ2n) is 9.84. The minimum absolute atomic E-state index is 0.566. The van der Waals surface area contributed by atoms with E-state index in [4.69, 9.17) is 0 Å². The molecular weight excluding hydrogens is 619 g/mol. The number of nitrogens with zero attached hydrogens (tertiary/aromatic N) is 2. The van der Waals surface area contributed by atoms with E-state index < -0.39 is 26.9 Å². The van der Waals surface area contributed by atoms with Crippen LogP contribution in [0.4, 0.5) is 0 Å². The molecule has 0 saturated heterocycles. The first-order chi connectivity index (χ1) is 17.5. The van der Waals surface area contributed by atoms with Crippen LogP contribution in [0.2, 0.25) is 0 Å². The molecule has 185 valence electrons. The van der Waals surface area contributed by atoms with Gasteiger partial charge in [-0.2, -0.15) is 0 Å². The summed E-state index contributed by atoms with van der Waals surface area (Å²) in [6, 6.07) is 18.3. The minimum atomic E-state index is -2.71. The summed E-state index contributed by atoms with van der Waals surface area (Å²) >= 11 is -2.71. The quantitative estimate of drug-likeness (QED) is 0.169.